The van der Waals surface area contributed by atoms with Gasteiger partial charge in [-0.3, -0.25) is 0 Å². The third-order valence-corrected chi connectivity index (χ3v) is 4.62. The third kappa shape index (κ3) is 3.05. The summed E-state index contributed by atoms with van der Waals surface area (Å²) >= 11 is 5.79. The zero-order valence-electron chi connectivity index (χ0n) is 9.81. The topological polar surface area (TPSA) is 60.2 Å². The van der Waals surface area contributed by atoms with Gasteiger partial charge in [-0.25, -0.2) is 12.8 Å². The van der Waals surface area contributed by atoms with Crippen LogP contribution in [0.4, 0.5) is 10.1 Å². The molecule has 2 rings (SSSR count). The molecule has 19 heavy (non-hydrogen) atoms. The summed E-state index contributed by atoms with van der Waals surface area (Å²) in [6, 6.07) is 9.79. The summed E-state index contributed by atoms with van der Waals surface area (Å²) in [6.07, 6.45) is 0. The van der Waals surface area contributed by atoms with Crippen molar-refractivity contribution in [2.75, 3.05) is 5.73 Å². The molecule has 0 amide bonds. The van der Waals surface area contributed by atoms with Crippen LogP contribution in [0, 0.1) is 5.82 Å². The lowest BCUT2D eigenvalue weighted by atomic mass is 10.2. The van der Waals surface area contributed by atoms with E-state index in [1.54, 1.807) is 6.07 Å². The molecule has 0 saturated carbocycles. The van der Waals surface area contributed by atoms with Gasteiger partial charge in [-0.2, -0.15) is 0 Å². The highest BCUT2D eigenvalue weighted by Crippen LogP contribution is 2.25. The smallest absolute Gasteiger partial charge is 0.182 e. The van der Waals surface area contributed by atoms with Crippen LogP contribution in [0.3, 0.4) is 0 Å². The molecule has 0 aromatic heterocycles. The van der Waals surface area contributed by atoms with E-state index < -0.39 is 21.4 Å². The lowest BCUT2D eigenvalue weighted by molar-refractivity contribution is 0.587. The number of hydrogen-bond acceptors (Lipinski definition) is 3. The van der Waals surface area contributed by atoms with Crippen LogP contribution in [0.5, 0.6) is 0 Å². The van der Waals surface area contributed by atoms with Crippen molar-refractivity contribution in [2.45, 2.75) is 10.6 Å². The molecule has 0 atom stereocenters. The zero-order valence-corrected chi connectivity index (χ0v) is 11.4. The molecule has 0 aliphatic rings. The molecule has 0 aliphatic heterocycles. The zero-order chi connectivity index (χ0) is 14.0. The van der Waals surface area contributed by atoms with E-state index in [0.717, 1.165) is 0 Å². The van der Waals surface area contributed by atoms with Crippen molar-refractivity contribution in [1.82, 2.24) is 0 Å². The number of sulfone groups is 1. The highest BCUT2D eigenvalue weighted by molar-refractivity contribution is 7.90. The molecule has 3 nitrogen and oxygen atoms in total. The highest BCUT2D eigenvalue weighted by atomic mass is 35.5. The molecule has 6 heteroatoms. The summed E-state index contributed by atoms with van der Waals surface area (Å²) in [4.78, 5) is 0.0231. The van der Waals surface area contributed by atoms with Crippen molar-refractivity contribution in [3.63, 3.8) is 0 Å². The van der Waals surface area contributed by atoms with Gasteiger partial charge in [0.15, 0.2) is 9.84 Å². The van der Waals surface area contributed by atoms with E-state index in [1.165, 1.54) is 36.4 Å². The van der Waals surface area contributed by atoms with Crippen LogP contribution in [-0.4, -0.2) is 8.42 Å². The number of benzene rings is 2. The molecule has 2 aromatic carbocycles. The van der Waals surface area contributed by atoms with E-state index >= 15 is 0 Å². The Balaban J connectivity index is 2.38. The summed E-state index contributed by atoms with van der Waals surface area (Å²) in [5.74, 6) is -0.965. The Morgan fingerprint density at radius 3 is 2.47 bits per heavy atom. The molecule has 0 heterocycles. The Kier molecular flexibility index (Phi) is 3.78. The maximum Gasteiger partial charge on any atom is 0.182 e. The number of halogens is 2. The number of nitrogens with two attached hydrogens (primary N) is 1. The van der Waals surface area contributed by atoms with Gasteiger partial charge in [0.25, 0.3) is 0 Å². The molecule has 2 N–H and O–H groups in total. The van der Waals surface area contributed by atoms with E-state index in [4.69, 9.17) is 17.3 Å². The number of hydrogen-bond donors (Lipinski definition) is 1. The van der Waals surface area contributed by atoms with Crippen molar-refractivity contribution >= 4 is 27.1 Å². The fraction of sp³-hybridized carbons (Fsp3) is 0.0769. The second-order valence-corrected chi connectivity index (χ2v) is 6.43. The summed E-state index contributed by atoms with van der Waals surface area (Å²) in [5, 5.41) is 0.162. The first kappa shape index (κ1) is 13.8. The second kappa shape index (κ2) is 5.19. The predicted octanol–water partition coefficient (Wildman–Crippen LogP) is 3.04. The fourth-order valence-electron chi connectivity index (χ4n) is 1.60. The normalized spacial score (nSPS) is 11.5. The van der Waals surface area contributed by atoms with E-state index in [9.17, 15) is 12.8 Å². The quantitative estimate of drug-likeness (QED) is 0.886. The van der Waals surface area contributed by atoms with E-state index in [0.29, 0.717) is 5.69 Å². The summed E-state index contributed by atoms with van der Waals surface area (Å²) in [6.45, 7) is 0. The van der Waals surface area contributed by atoms with Gasteiger partial charge in [0, 0.05) is 5.56 Å². The maximum absolute atomic E-state index is 13.5. The van der Waals surface area contributed by atoms with Crippen LogP contribution >= 0.6 is 11.6 Å². The Hall–Kier alpha value is -1.59. The van der Waals surface area contributed by atoms with Crippen LogP contribution in [0.2, 0.25) is 5.02 Å². The molecule has 0 unspecified atom stereocenters. The predicted molar refractivity (Wildman–Crippen MR) is 73.2 cm³/mol. The minimum atomic E-state index is -3.66. The van der Waals surface area contributed by atoms with Gasteiger partial charge in [-0.05, 0) is 24.3 Å². The fourth-order valence-corrected chi connectivity index (χ4v) is 3.23. The molecule has 0 aliphatic carbocycles. The van der Waals surface area contributed by atoms with Gasteiger partial charge < -0.3 is 5.73 Å². The lowest BCUT2D eigenvalue weighted by Crippen LogP contribution is -2.06. The molecule has 100 valence electrons. The van der Waals surface area contributed by atoms with Crippen LogP contribution in [0.1, 0.15) is 5.56 Å². The van der Waals surface area contributed by atoms with Crippen LogP contribution < -0.4 is 5.73 Å². The first-order valence-electron chi connectivity index (χ1n) is 5.41. The molecule has 0 bridgehead atoms. The molecule has 2 aromatic rings. The summed E-state index contributed by atoms with van der Waals surface area (Å²) in [5.41, 5.74) is 5.94. The van der Waals surface area contributed by atoms with E-state index in [2.05, 4.69) is 0 Å². The molecule has 0 radical (unpaired) electrons. The highest BCUT2D eigenvalue weighted by Gasteiger charge is 2.18. The molecule has 0 fully saturated rings. The van der Waals surface area contributed by atoms with Crippen molar-refractivity contribution in [2.24, 2.45) is 0 Å². The van der Waals surface area contributed by atoms with Gasteiger partial charge >= 0.3 is 0 Å². The minimum absolute atomic E-state index is 0.0231. The largest absolute Gasteiger partial charge is 0.398 e. The Morgan fingerprint density at radius 1 is 1.16 bits per heavy atom. The van der Waals surface area contributed by atoms with E-state index in [1.807, 2.05) is 0 Å². The Morgan fingerprint density at radius 2 is 1.84 bits per heavy atom. The summed E-state index contributed by atoms with van der Waals surface area (Å²) in [7, 11) is -3.66. The van der Waals surface area contributed by atoms with Gasteiger partial charge in [0.05, 0.1) is 21.4 Å². The number of nitrogen functional groups attached to an aromatic ring is 1. The van der Waals surface area contributed by atoms with Crippen molar-refractivity contribution < 1.29 is 12.8 Å². The average Bonchev–Trinajstić information content (AvgIpc) is 2.35. The Bertz CT molecular complexity index is 716. The first-order chi connectivity index (χ1) is 8.90. The number of anilines is 1. The molecule has 0 spiro atoms. The monoisotopic (exact) mass is 299 g/mol. The van der Waals surface area contributed by atoms with Crippen molar-refractivity contribution in [3.8, 4) is 0 Å². The van der Waals surface area contributed by atoms with Gasteiger partial charge in [0.2, 0.25) is 0 Å². The Labute approximate surface area is 115 Å². The number of rotatable bonds is 3. The SMILES string of the molecule is Nc1ccc(S(=O)(=O)Cc2ccccc2F)cc1Cl. The first-order valence-corrected chi connectivity index (χ1v) is 7.44. The van der Waals surface area contributed by atoms with Crippen LogP contribution in [0.15, 0.2) is 47.4 Å². The molecular formula is C13H11ClFNO2S. The maximum atomic E-state index is 13.5. The van der Waals surface area contributed by atoms with Gasteiger partial charge in [0.1, 0.15) is 5.82 Å². The summed E-state index contributed by atoms with van der Waals surface area (Å²) < 4.78 is 37.8. The molecular weight excluding hydrogens is 289 g/mol. The standard InChI is InChI=1S/C13H11ClFNO2S/c14-11-7-10(5-6-13(11)16)19(17,18)8-9-3-1-2-4-12(9)15/h1-7H,8,16H2. The molecule has 0 saturated heterocycles. The third-order valence-electron chi connectivity index (χ3n) is 2.63. The van der Waals surface area contributed by atoms with Crippen LogP contribution in [0.25, 0.3) is 0 Å². The van der Waals surface area contributed by atoms with E-state index in [-0.39, 0.29) is 15.5 Å². The minimum Gasteiger partial charge on any atom is -0.398 e. The second-order valence-electron chi connectivity index (χ2n) is 4.03. The van der Waals surface area contributed by atoms with Gasteiger partial charge in [-0.1, -0.05) is 29.8 Å². The lowest BCUT2D eigenvalue weighted by Gasteiger charge is -2.07. The van der Waals surface area contributed by atoms with Crippen molar-refractivity contribution in [1.29, 1.82) is 0 Å². The van der Waals surface area contributed by atoms with Gasteiger partial charge in [-0.15, -0.1) is 0 Å². The van der Waals surface area contributed by atoms with Crippen molar-refractivity contribution in [3.05, 3.63) is 58.9 Å². The average molecular weight is 300 g/mol. The van der Waals surface area contributed by atoms with Crippen LogP contribution in [-0.2, 0) is 15.6 Å².